The van der Waals surface area contributed by atoms with Crippen molar-refractivity contribution in [1.82, 2.24) is 14.8 Å². The van der Waals surface area contributed by atoms with Crippen molar-refractivity contribution in [1.29, 1.82) is 0 Å². The van der Waals surface area contributed by atoms with Crippen LogP contribution in [0.15, 0.2) is 24.3 Å². The van der Waals surface area contributed by atoms with Crippen LogP contribution in [0.25, 0.3) is 11.3 Å². The largest absolute Gasteiger partial charge is 0.358 e. The Labute approximate surface area is 144 Å². The number of likely N-dealkylation sites (N-methyl/N-ethyl adjacent to an activating group) is 1. The number of H-pyrrole nitrogens is 1. The summed E-state index contributed by atoms with van der Waals surface area (Å²) in [5.74, 6) is 0.148. The minimum absolute atomic E-state index is 0.148. The van der Waals surface area contributed by atoms with E-state index in [1.54, 1.807) is 0 Å². The normalized spacial score (nSPS) is 15.8. The second-order valence-corrected chi connectivity index (χ2v) is 6.75. The molecule has 2 aromatic rings. The summed E-state index contributed by atoms with van der Waals surface area (Å²) in [6.45, 7) is 13.0. The third-order valence-corrected chi connectivity index (χ3v) is 5.17. The molecule has 1 fully saturated rings. The summed E-state index contributed by atoms with van der Waals surface area (Å²) in [6.07, 6.45) is 0. The maximum atomic E-state index is 12.9. The molecule has 128 valence electrons. The Balaban J connectivity index is 1.81. The summed E-state index contributed by atoms with van der Waals surface area (Å²) in [7, 11) is 0. The fourth-order valence-corrected chi connectivity index (χ4v) is 3.28. The standard InChI is InChI=1S/C20H27N3O/c1-5-22-8-10-23(11-9-22)20(24)18-13-19(21-16(18)4)17-7-6-14(2)15(3)12-17/h6-7,12-13,21H,5,8-11H2,1-4H3. The number of aromatic amines is 1. The summed E-state index contributed by atoms with van der Waals surface area (Å²) in [5.41, 5.74) is 6.46. The molecule has 1 aliphatic rings. The molecule has 0 radical (unpaired) electrons. The fraction of sp³-hybridized carbons (Fsp3) is 0.450. The van der Waals surface area contributed by atoms with E-state index in [4.69, 9.17) is 0 Å². The van der Waals surface area contributed by atoms with Crippen molar-refractivity contribution < 1.29 is 4.79 Å². The van der Waals surface area contributed by atoms with E-state index in [-0.39, 0.29) is 5.91 Å². The second kappa shape index (κ2) is 6.81. The average molecular weight is 325 g/mol. The minimum Gasteiger partial charge on any atom is -0.358 e. The third kappa shape index (κ3) is 3.24. The second-order valence-electron chi connectivity index (χ2n) is 6.75. The zero-order chi connectivity index (χ0) is 17.3. The van der Waals surface area contributed by atoms with Gasteiger partial charge in [0.25, 0.3) is 5.91 Å². The highest BCUT2D eigenvalue weighted by Gasteiger charge is 2.23. The highest BCUT2D eigenvalue weighted by molar-refractivity contribution is 5.97. The molecule has 2 heterocycles. The fourth-order valence-electron chi connectivity index (χ4n) is 3.28. The summed E-state index contributed by atoms with van der Waals surface area (Å²) in [5, 5.41) is 0. The van der Waals surface area contributed by atoms with Crippen LogP contribution in [0.2, 0.25) is 0 Å². The molecule has 0 aliphatic carbocycles. The average Bonchev–Trinajstić information content (AvgIpc) is 2.98. The van der Waals surface area contributed by atoms with Crippen molar-refractivity contribution in [2.75, 3.05) is 32.7 Å². The first kappa shape index (κ1) is 16.8. The molecule has 4 nitrogen and oxygen atoms in total. The molecule has 0 spiro atoms. The topological polar surface area (TPSA) is 39.3 Å². The number of nitrogens with zero attached hydrogens (tertiary/aromatic N) is 2. The molecule has 1 aromatic carbocycles. The summed E-state index contributed by atoms with van der Waals surface area (Å²) in [4.78, 5) is 20.6. The zero-order valence-corrected chi connectivity index (χ0v) is 15.1. The molecule has 0 saturated carbocycles. The van der Waals surface area contributed by atoms with Crippen molar-refractivity contribution in [3.63, 3.8) is 0 Å². The number of benzene rings is 1. The molecule has 4 heteroatoms. The van der Waals surface area contributed by atoms with Crippen LogP contribution < -0.4 is 0 Å². The number of aromatic nitrogens is 1. The number of rotatable bonds is 3. The Bertz CT molecular complexity index is 739. The van der Waals surface area contributed by atoms with E-state index >= 15 is 0 Å². The van der Waals surface area contributed by atoms with Crippen LogP contribution in [0.1, 0.15) is 34.1 Å². The van der Waals surface area contributed by atoms with E-state index in [1.807, 2.05) is 17.9 Å². The number of hydrogen-bond donors (Lipinski definition) is 1. The number of amides is 1. The lowest BCUT2D eigenvalue weighted by Crippen LogP contribution is -2.48. The van der Waals surface area contributed by atoms with Crippen LogP contribution in [-0.2, 0) is 0 Å². The van der Waals surface area contributed by atoms with Crippen LogP contribution in [0, 0.1) is 20.8 Å². The number of piperazine rings is 1. The first-order valence-corrected chi connectivity index (χ1v) is 8.78. The maximum Gasteiger partial charge on any atom is 0.255 e. The number of carbonyl (C=O) groups is 1. The SMILES string of the molecule is CCN1CCN(C(=O)c2cc(-c3ccc(C)c(C)c3)[nH]c2C)CC1. The van der Waals surface area contributed by atoms with Gasteiger partial charge in [-0.3, -0.25) is 4.79 Å². The van der Waals surface area contributed by atoms with Gasteiger partial charge in [0, 0.05) is 37.6 Å². The van der Waals surface area contributed by atoms with Crippen LogP contribution in [0.4, 0.5) is 0 Å². The van der Waals surface area contributed by atoms with Crippen LogP contribution in [0.5, 0.6) is 0 Å². The van der Waals surface area contributed by atoms with E-state index in [2.05, 4.69) is 48.9 Å². The van der Waals surface area contributed by atoms with Crippen molar-refractivity contribution in [3.8, 4) is 11.3 Å². The van der Waals surface area contributed by atoms with Gasteiger partial charge in [-0.2, -0.15) is 0 Å². The predicted octanol–water partition coefficient (Wildman–Crippen LogP) is 3.38. The van der Waals surface area contributed by atoms with Crippen molar-refractivity contribution >= 4 is 5.91 Å². The Hall–Kier alpha value is -2.07. The Morgan fingerprint density at radius 1 is 1.04 bits per heavy atom. The van der Waals surface area contributed by atoms with Gasteiger partial charge in [0.15, 0.2) is 0 Å². The molecular formula is C20H27N3O. The lowest BCUT2D eigenvalue weighted by molar-refractivity contribution is 0.0643. The van der Waals surface area contributed by atoms with Gasteiger partial charge in [0.2, 0.25) is 0 Å². The van der Waals surface area contributed by atoms with Crippen molar-refractivity contribution in [2.45, 2.75) is 27.7 Å². The minimum atomic E-state index is 0.148. The van der Waals surface area contributed by atoms with E-state index < -0.39 is 0 Å². The van der Waals surface area contributed by atoms with E-state index in [9.17, 15) is 4.79 Å². The van der Waals surface area contributed by atoms with Gasteiger partial charge in [-0.15, -0.1) is 0 Å². The van der Waals surface area contributed by atoms with Gasteiger partial charge in [-0.1, -0.05) is 19.1 Å². The molecular weight excluding hydrogens is 298 g/mol. The van der Waals surface area contributed by atoms with Crippen molar-refractivity contribution in [2.24, 2.45) is 0 Å². The summed E-state index contributed by atoms with van der Waals surface area (Å²) in [6, 6.07) is 8.43. The number of hydrogen-bond acceptors (Lipinski definition) is 2. The summed E-state index contributed by atoms with van der Waals surface area (Å²) < 4.78 is 0. The van der Waals surface area contributed by atoms with E-state index in [1.165, 1.54) is 11.1 Å². The highest BCUT2D eigenvalue weighted by Crippen LogP contribution is 2.25. The Morgan fingerprint density at radius 3 is 2.38 bits per heavy atom. The zero-order valence-electron chi connectivity index (χ0n) is 15.1. The molecule has 0 bridgehead atoms. The van der Waals surface area contributed by atoms with E-state index in [0.29, 0.717) is 0 Å². The quantitative estimate of drug-likeness (QED) is 0.939. The molecule has 1 amide bonds. The highest BCUT2D eigenvalue weighted by atomic mass is 16.2. The maximum absolute atomic E-state index is 12.9. The van der Waals surface area contributed by atoms with E-state index in [0.717, 1.165) is 55.2 Å². The molecule has 1 aliphatic heterocycles. The van der Waals surface area contributed by atoms with Gasteiger partial charge < -0.3 is 14.8 Å². The number of carbonyl (C=O) groups excluding carboxylic acids is 1. The monoisotopic (exact) mass is 325 g/mol. The first-order chi connectivity index (χ1) is 11.5. The van der Waals surface area contributed by atoms with Gasteiger partial charge in [0.05, 0.1) is 5.56 Å². The first-order valence-electron chi connectivity index (χ1n) is 8.78. The Morgan fingerprint density at radius 2 is 1.75 bits per heavy atom. The molecule has 3 rings (SSSR count). The lowest BCUT2D eigenvalue weighted by atomic mass is 10.0. The third-order valence-electron chi connectivity index (χ3n) is 5.17. The Kier molecular flexibility index (Phi) is 4.76. The van der Waals surface area contributed by atoms with Gasteiger partial charge >= 0.3 is 0 Å². The molecule has 24 heavy (non-hydrogen) atoms. The number of aryl methyl sites for hydroxylation is 3. The molecule has 1 saturated heterocycles. The van der Waals surface area contributed by atoms with Crippen molar-refractivity contribution in [3.05, 3.63) is 46.6 Å². The number of nitrogens with one attached hydrogen (secondary N) is 1. The molecule has 0 atom stereocenters. The van der Waals surface area contributed by atoms with Gasteiger partial charge in [0.1, 0.15) is 0 Å². The van der Waals surface area contributed by atoms with Crippen LogP contribution in [-0.4, -0.2) is 53.4 Å². The van der Waals surface area contributed by atoms with Crippen LogP contribution >= 0.6 is 0 Å². The smallest absolute Gasteiger partial charge is 0.255 e. The summed E-state index contributed by atoms with van der Waals surface area (Å²) >= 11 is 0. The molecule has 1 N–H and O–H groups in total. The molecule has 0 unspecified atom stereocenters. The predicted molar refractivity (Wildman–Crippen MR) is 98.5 cm³/mol. The van der Waals surface area contributed by atoms with Gasteiger partial charge in [-0.05, 0) is 56.1 Å². The van der Waals surface area contributed by atoms with Crippen LogP contribution in [0.3, 0.4) is 0 Å². The van der Waals surface area contributed by atoms with Gasteiger partial charge in [-0.25, -0.2) is 0 Å². The lowest BCUT2D eigenvalue weighted by Gasteiger charge is -2.34. The molecule has 1 aromatic heterocycles.